The van der Waals surface area contributed by atoms with Gasteiger partial charge in [0, 0.05) is 17.5 Å². The third-order valence-electron chi connectivity index (χ3n) is 2.33. The highest BCUT2D eigenvalue weighted by atomic mass is 32.1. The molecule has 0 bridgehead atoms. The highest BCUT2D eigenvalue weighted by Gasteiger charge is 2.04. The van der Waals surface area contributed by atoms with Gasteiger partial charge in [0.25, 0.3) is 0 Å². The molecule has 0 aliphatic carbocycles. The third-order valence-corrected chi connectivity index (χ3v) is 3.21. The smallest absolute Gasteiger partial charge is 0.134 e. The molecule has 5 heteroatoms. The lowest BCUT2D eigenvalue weighted by Crippen LogP contribution is -2.05. The molecule has 2 N–H and O–H groups in total. The van der Waals surface area contributed by atoms with Crippen molar-refractivity contribution < 1.29 is 0 Å². The van der Waals surface area contributed by atoms with Crippen LogP contribution in [0.25, 0.3) is 0 Å². The molecule has 0 aliphatic heterocycles. The van der Waals surface area contributed by atoms with Crippen molar-refractivity contribution in [2.24, 2.45) is 0 Å². The Labute approximate surface area is 98.8 Å². The zero-order valence-corrected chi connectivity index (χ0v) is 10.1. The van der Waals surface area contributed by atoms with Crippen LogP contribution in [0.15, 0.2) is 23.8 Å². The molecule has 0 fully saturated rings. The maximum Gasteiger partial charge on any atom is 0.134 e. The summed E-state index contributed by atoms with van der Waals surface area (Å²) in [5.74, 6) is 1.75. The SMILES string of the molecule is CNc1ncnc(NCc2cccs2)c1C. The number of nitrogens with zero attached hydrogens (tertiary/aromatic N) is 2. The Bertz CT molecular complexity index is 453. The predicted molar refractivity (Wildman–Crippen MR) is 68.0 cm³/mol. The van der Waals surface area contributed by atoms with Crippen LogP contribution in [-0.4, -0.2) is 17.0 Å². The van der Waals surface area contributed by atoms with E-state index in [1.165, 1.54) is 4.88 Å². The van der Waals surface area contributed by atoms with Crippen LogP contribution in [0, 0.1) is 6.92 Å². The molecule has 0 aliphatic rings. The summed E-state index contributed by atoms with van der Waals surface area (Å²) in [5.41, 5.74) is 1.04. The average Bonchev–Trinajstić information content (AvgIpc) is 2.81. The van der Waals surface area contributed by atoms with Gasteiger partial charge >= 0.3 is 0 Å². The Morgan fingerprint density at radius 3 is 2.81 bits per heavy atom. The van der Waals surface area contributed by atoms with Crippen LogP contribution in [0.1, 0.15) is 10.4 Å². The van der Waals surface area contributed by atoms with Crippen molar-refractivity contribution in [2.45, 2.75) is 13.5 Å². The van der Waals surface area contributed by atoms with Gasteiger partial charge in [-0.25, -0.2) is 9.97 Å². The standard InChI is InChI=1S/C11H14N4S/c1-8-10(12-2)14-7-15-11(8)13-6-9-4-3-5-16-9/h3-5,7H,6H2,1-2H3,(H2,12,13,14,15). The molecule has 0 spiro atoms. The predicted octanol–water partition coefficient (Wildman–Crippen LogP) is 2.50. The molecule has 2 aromatic heterocycles. The van der Waals surface area contributed by atoms with E-state index in [1.54, 1.807) is 17.7 Å². The lowest BCUT2D eigenvalue weighted by atomic mass is 10.3. The van der Waals surface area contributed by atoms with Gasteiger partial charge in [-0.2, -0.15) is 0 Å². The van der Waals surface area contributed by atoms with E-state index in [2.05, 4.69) is 32.0 Å². The number of hydrogen-bond acceptors (Lipinski definition) is 5. The van der Waals surface area contributed by atoms with Crippen LogP contribution in [0.3, 0.4) is 0 Å². The first-order valence-electron chi connectivity index (χ1n) is 5.07. The number of nitrogens with one attached hydrogen (secondary N) is 2. The summed E-state index contributed by atoms with van der Waals surface area (Å²) in [6.45, 7) is 2.81. The number of anilines is 2. The minimum atomic E-state index is 0.804. The maximum absolute atomic E-state index is 4.23. The van der Waals surface area contributed by atoms with Crippen molar-refractivity contribution in [2.75, 3.05) is 17.7 Å². The molecule has 0 radical (unpaired) electrons. The molecule has 0 amide bonds. The van der Waals surface area contributed by atoms with E-state index in [0.29, 0.717) is 0 Å². The molecule has 84 valence electrons. The first-order chi connectivity index (χ1) is 7.81. The van der Waals surface area contributed by atoms with Crippen molar-refractivity contribution in [3.63, 3.8) is 0 Å². The monoisotopic (exact) mass is 234 g/mol. The molecule has 0 saturated heterocycles. The van der Waals surface area contributed by atoms with E-state index < -0.39 is 0 Å². The molecule has 0 saturated carbocycles. The van der Waals surface area contributed by atoms with E-state index >= 15 is 0 Å². The maximum atomic E-state index is 4.23. The van der Waals surface area contributed by atoms with Gasteiger partial charge in [-0.1, -0.05) is 6.07 Å². The van der Waals surface area contributed by atoms with Gasteiger partial charge in [-0.3, -0.25) is 0 Å². The second-order valence-electron chi connectivity index (χ2n) is 3.38. The third kappa shape index (κ3) is 2.30. The summed E-state index contributed by atoms with van der Waals surface area (Å²) in [6, 6.07) is 4.15. The highest BCUT2D eigenvalue weighted by molar-refractivity contribution is 7.09. The molecule has 0 aromatic carbocycles. The molecular formula is C11H14N4S. The van der Waals surface area contributed by atoms with Crippen molar-refractivity contribution in [3.05, 3.63) is 34.3 Å². The van der Waals surface area contributed by atoms with Crippen LogP contribution in [-0.2, 0) is 6.54 Å². The topological polar surface area (TPSA) is 49.8 Å². The van der Waals surface area contributed by atoms with Crippen LogP contribution in [0.5, 0.6) is 0 Å². The number of hydrogen-bond donors (Lipinski definition) is 2. The second kappa shape index (κ2) is 4.94. The molecule has 4 nitrogen and oxygen atoms in total. The van der Waals surface area contributed by atoms with E-state index in [-0.39, 0.29) is 0 Å². The first-order valence-corrected chi connectivity index (χ1v) is 5.95. The summed E-state index contributed by atoms with van der Waals surface area (Å²) < 4.78 is 0. The molecular weight excluding hydrogens is 220 g/mol. The van der Waals surface area contributed by atoms with Crippen molar-refractivity contribution >= 4 is 23.0 Å². The molecule has 2 aromatic rings. The highest BCUT2D eigenvalue weighted by Crippen LogP contribution is 2.19. The quantitative estimate of drug-likeness (QED) is 0.853. The van der Waals surface area contributed by atoms with Gasteiger partial charge in [0.15, 0.2) is 0 Å². The number of thiophene rings is 1. The van der Waals surface area contributed by atoms with Gasteiger partial charge in [-0.05, 0) is 18.4 Å². The van der Waals surface area contributed by atoms with Gasteiger partial charge in [0.1, 0.15) is 18.0 Å². The fourth-order valence-corrected chi connectivity index (χ4v) is 2.11. The first kappa shape index (κ1) is 10.9. The summed E-state index contributed by atoms with van der Waals surface area (Å²) in [7, 11) is 1.86. The van der Waals surface area contributed by atoms with Gasteiger partial charge < -0.3 is 10.6 Å². The number of rotatable bonds is 4. The molecule has 2 heterocycles. The Balaban J connectivity index is 2.09. The van der Waals surface area contributed by atoms with E-state index in [0.717, 1.165) is 23.7 Å². The van der Waals surface area contributed by atoms with Crippen LogP contribution in [0.4, 0.5) is 11.6 Å². The zero-order chi connectivity index (χ0) is 11.4. The van der Waals surface area contributed by atoms with E-state index in [1.807, 2.05) is 20.0 Å². The van der Waals surface area contributed by atoms with Gasteiger partial charge in [0.2, 0.25) is 0 Å². The Morgan fingerprint density at radius 1 is 1.31 bits per heavy atom. The summed E-state index contributed by atoms with van der Waals surface area (Å²) in [4.78, 5) is 9.67. The van der Waals surface area contributed by atoms with Gasteiger partial charge in [-0.15, -0.1) is 11.3 Å². The summed E-state index contributed by atoms with van der Waals surface area (Å²) in [6.07, 6.45) is 1.57. The Hall–Kier alpha value is -1.62. The zero-order valence-electron chi connectivity index (χ0n) is 9.32. The minimum absolute atomic E-state index is 0.804. The Morgan fingerprint density at radius 2 is 2.12 bits per heavy atom. The number of aromatic nitrogens is 2. The van der Waals surface area contributed by atoms with Crippen LogP contribution >= 0.6 is 11.3 Å². The normalized spacial score (nSPS) is 10.1. The largest absolute Gasteiger partial charge is 0.373 e. The van der Waals surface area contributed by atoms with Crippen LogP contribution < -0.4 is 10.6 Å². The minimum Gasteiger partial charge on any atom is -0.373 e. The molecule has 16 heavy (non-hydrogen) atoms. The fourth-order valence-electron chi connectivity index (χ4n) is 1.46. The second-order valence-corrected chi connectivity index (χ2v) is 4.41. The van der Waals surface area contributed by atoms with Crippen molar-refractivity contribution in [3.8, 4) is 0 Å². The molecule has 0 atom stereocenters. The molecule has 0 unspecified atom stereocenters. The summed E-state index contributed by atoms with van der Waals surface area (Å²) in [5, 5.41) is 8.42. The molecule has 2 rings (SSSR count). The Kier molecular flexibility index (Phi) is 3.36. The van der Waals surface area contributed by atoms with E-state index in [4.69, 9.17) is 0 Å². The van der Waals surface area contributed by atoms with Crippen molar-refractivity contribution in [1.82, 2.24) is 9.97 Å². The lowest BCUT2D eigenvalue weighted by molar-refractivity contribution is 1.07. The fraction of sp³-hybridized carbons (Fsp3) is 0.273. The van der Waals surface area contributed by atoms with Crippen molar-refractivity contribution in [1.29, 1.82) is 0 Å². The summed E-state index contributed by atoms with van der Waals surface area (Å²) >= 11 is 1.74. The van der Waals surface area contributed by atoms with E-state index in [9.17, 15) is 0 Å². The van der Waals surface area contributed by atoms with Crippen LogP contribution in [0.2, 0.25) is 0 Å². The average molecular weight is 234 g/mol. The van der Waals surface area contributed by atoms with Gasteiger partial charge in [0.05, 0.1) is 6.54 Å². The lowest BCUT2D eigenvalue weighted by Gasteiger charge is -2.09.